The van der Waals surface area contributed by atoms with Crippen molar-refractivity contribution in [1.82, 2.24) is 0 Å². The van der Waals surface area contributed by atoms with Crippen LogP contribution in [0.2, 0.25) is 0 Å². The third-order valence-corrected chi connectivity index (χ3v) is 10.2. The summed E-state index contributed by atoms with van der Waals surface area (Å²) in [5, 5.41) is 0. The fourth-order valence-electron chi connectivity index (χ4n) is 5.77. The Morgan fingerprint density at radius 2 is 1.17 bits per heavy atom. The molecule has 5 rings (SSSR count). The van der Waals surface area contributed by atoms with Crippen LogP contribution in [0.25, 0.3) is 32.0 Å². The van der Waals surface area contributed by atoms with Gasteiger partial charge in [-0.25, -0.2) is 0 Å². The van der Waals surface area contributed by atoms with Crippen molar-refractivity contribution in [2.45, 2.75) is 45.3 Å². The molecule has 3 nitrogen and oxygen atoms in total. The van der Waals surface area contributed by atoms with E-state index in [1.54, 1.807) is 26.0 Å². The number of rotatable bonds is 9. The van der Waals surface area contributed by atoms with Crippen molar-refractivity contribution < 1.29 is 27.0 Å². The number of hydrogen-bond donors (Lipinski definition) is 0. The van der Waals surface area contributed by atoms with Gasteiger partial charge in [0.15, 0.2) is 0 Å². The zero-order chi connectivity index (χ0) is 30.4. The molecule has 2 heterocycles. The van der Waals surface area contributed by atoms with Crippen LogP contribution in [-0.4, -0.2) is 44.9 Å². The maximum absolute atomic E-state index is 16.2. The molecule has 222 valence electrons. The molecule has 1 aliphatic rings. The van der Waals surface area contributed by atoms with E-state index in [0.29, 0.717) is 14.6 Å². The van der Waals surface area contributed by atoms with E-state index in [4.69, 9.17) is 9.47 Å². The maximum atomic E-state index is 16.2. The predicted octanol–water partition coefficient (Wildman–Crippen LogP) is 9.79. The molecule has 0 amide bonds. The van der Waals surface area contributed by atoms with Crippen LogP contribution in [-0.2, 0) is 9.47 Å². The Labute approximate surface area is 252 Å². The molecule has 2 aromatic heterocycles. The third-order valence-electron chi connectivity index (χ3n) is 7.99. The van der Waals surface area contributed by atoms with E-state index in [2.05, 4.69) is 18.7 Å². The van der Waals surface area contributed by atoms with Crippen LogP contribution >= 0.6 is 22.7 Å². The number of thiophene rings is 2. The molecule has 1 aliphatic carbocycles. The lowest BCUT2D eigenvalue weighted by atomic mass is 9.93. The summed E-state index contributed by atoms with van der Waals surface area (Å²) in [6, 6.07) is 20.5. The zero-order valence-electron chi connectivity index (χ0n) is 24.4. The van der Waals surface area contributed by atoms with Gasteiger partial charge >= 0.3 is 11.8 Å². The number of hydrogen-bond acceptors (Lipinski definition) is 5. The monoisotopic (exact) mass is 615 g/mol. The summed E-state index contributed by atoms with van der Waals surface area (Å²) in [6.07, 6.45) is 0. The van der Waals surface area contributed by atoms with E-state index in [-0.39, 0.29) is 16.7 Å². The van der Waals surface area contributed by atoms with Gasteiger partial charge in [-0.15, -0.1) is 22.7 Å². The maximum Gasteiger partial charge on any atom is 0.371 e. The zero-order valence-corrected chi connectivity index (χ0v) is 26.0. The van der Waals surface area contributed by atoms with Crippen molar-refractivity contribution in [2.75, 3.05) is 32.2 Å². The Kier molecular flexibility index (Phi) is 8.17. The number of alkyl halides is 4. The smallest absolute Gasteiger partial charge is 0.371 e. The Hall–Kier alpha value is -2.98. The van der Waals surface area contributed by atoms with Crippen molar-refractivity contribution in [3.8, 4) is 20.9 Å². The lowest BCUT2D eigenvalue weighted by molar-refractivity contribution is -0.326. The molecule has 0 fully saturated rings. The van der Waals surface area contributed by atoms with E-state index in [1.807, 2.05) is 54.6 Å². The van der Waals surface area contributed by atoms with Crippen molar-refractivity contribution in [3.63, 3.8) is 0 Å². The Balaban J connectivity index is 1.74. The van der Waals surface area contributed by atoms with Gasteiger partial charge in [0, 0.05) is 63.7 Å². The number of allylic oxidation sites excluding steroid dienone is 1. The number of methoxy groups -OCH3 is 2. The minimum atomic E-state index is -4.69. The van der Waals surface area contributed by atoms with Crippen molar-refractivity contribution in [1.29, 1.82) is 0 Å². The highest BCUT2D eigenvalue weighted by molar-refractivity contribution is 7.16. The van der Waals surface area contributed by atoms with Crippen LogP contribution < -0.4 is 4.90 Å². The van der Waals surface area contributed by atoms with Crippen LogP contribution in [0.15, 0.2) is 66.7 Å². The summed E-state index contributed by atoms with van der Waals surface area (Å²) in [5.41, 5.74) is 1.95. The summed E-state index contributed by atoms with van der Waals surface area (Å²) >= 11 is 2.65. The van der Waals surface area contributed by atoms with Crippen LogP contribution in [0.3, 0.4) is 0 Å². The highest BCUT2D eigenvalue weighted by Gasteiger charge is 2.79. The van der Waals surface area contributed by atoms with Crippen molar-refractivity contribution >= 4 is 39.5 Å². The number of benzene rings is 2. The average molecular weight is 616 g/mol. The molecule has 0 spiro atoms. The SMILES string of the molecule is CCN(CC)c1ccc(-c2cc(C3=C(c4cc(-c5ccccc5)sc4C)C(F)(F)C(F)(F)C3(OC)OC)c(C)s2)cc1. The Morgan fingerprint density at radius 3 is 1.64 bits per heavy atom. The molecule has 0 radical (unpaired) electrons. The van der Waals surface area contributed by atoms with Crippen LogP contribution in [0.4, 0.5) is 23.2 Å². The topological polar surface area (TPSA) is 21.7 Å². The molecule has 0 aliphatic heterocycles. The minimum absolute atomic E-state index is 0.0604. The highest BCUT2D eigenvalue weighted by Crippen LogP contribution is 2.65. The molecule has 2 aromatic carbocycles. The van der Waals surface area contributed by atoms with Gasteiger partial charge in [-0.1, -0.05) is 42.5 Å². The van der Waals surface area contributed by atoms with Crippen molar-refractivity contribution in [3.05, 3.63) is 87.6 Å². The summed E-state index contributed by atoms with van der Waals surface area (Å²) in [7, 11) is 1.97. The fourth-order valence-corrected chi connectivity index (χ4v) is 7.84. The van der Waals surface area contributed by atoms with Gasteiger partial charge in [-0.05, 0) is 74.2 Å². The Morgan fingerprint density at radius 1 is 0.690 bits per heavy atom. The lowest BCUT2D eigenvalue weighted by Gasteiger charge is -2.36. The highest BCUT2D eigenvalue weighted by atomic mass is 32.1. The first-order valence-corrected chi connectivity index (χ1v) is 15.3. The second-order valence-corrected chi connectivity index (χ2v) is 12.7. The molecular formula is C33H33F4NO2S2. The number of nitrogens with zero attached hydrogens (tertiary/aromatic N) is 1. The first kappa shape index (κ1) is 30.5. The normalized spacial score (nSPS) is 17.2. The van der Waals surface area contributed by atoms with Gasteiger partial charge in [0.2, 0.25) is 0 Å². The Bertz CT molecular complexity index is 1600. The van der Waals surface area contributed by atoms with E-state index < -0.39 is 23.2 Å². The third kappa shape index (κ3) is 4.53. The van der Waals surface area contributed by atoms with Crippen molar-refractivity contribution in [2.24, 2.45) is 0 Å². The summed E-state index contributed by atoms with van der Waals surface area (Å²) < 4.78 is 74.8. The molecular weight excluding hydrogens is 582 g/mol. The number of ether oxygens (including phenoxy) is 2. The molecule has 42 heavy (non-hydrogen) atoms. The summed E-state index contributed by atoms with van der Waals surface area (Å²) in [6.45, 7) is 9.32. The fraction of sp³-hybridized carbons (Fsp3) is 0.333. The van der Waals surface area contributed by atoms with Gasteiger partial charge in [0.1, 0.15) is 0 Å². The molecule has 0 bridgehead atoms. The molecule has 9 heteroatoms. The van der Waals surface area contributed by atoms with Gasteiger partial charge < -0.3 is 14.4 Å². The van der Waals surface area contributed by atoms with E-state index >= 15 is 17.6 Å². The van der Waals surface area contributed by atoms with Gasteiger partial charge in [-0.2, -0.15) is 17.6 Å². The van der Waals surface area contributed by atoms with Crippen LogP contribution in [0.1, 0.15) is 34.7 Å². The molecule has 4 aromatic rings. The number of anilines is 1. The van der Waals surface area contributed by atoms with Crippen LogP contribution in [0.5, 0.6) is 0 Å². The number of aryl methyl sites for hydroxylation is 2. The largest absolute Gasteiger partial charge is 0.372 e. The van der Waals surface area contributed by atoms with E-state index in [0.717, 1.165) is 49.0 Å². The minimum Gasteiger partial charge on any atom is -0.372 e. The lowest BCUT2D eigenvalue weighted by Crippen LogP contribution is -2.56. The van der Waals surface area contributed by atoms with E-state index in [9.17, 15) is 0 Å². The molecule has 0 saturated heterocycles. The molecule has 0 unspecified atom stereocenters. The molecule has 0 atom stereocenters. The quantitative estimate of drug-likeness (QED) is 0.138. The average Bonchev–Trinajstić information content (AvgIpc) is 3.59. The second kappa shape index (κ2) is 11.3. The first-order chi connectivity index (χ1) is 20.0. The second-order valence-electron chi connectivity index (χ2n) is 10.2. The molecule has 0 N–H and O–H groups in total. The summed E-state index contributed by atoms with van der Waals surface area (Å²) in [5.74, 6) is -12.3. The first-order valence-electron chi connectivity index (χ1n) is 13.7. The van der Waals surface area contributed by atoms with Crippen LogP contribution in [0, 0.1) is 13.8 Å². The van der Waals surface area contributed by atoms with E-state index in [1.165, 1.54) is 22.7 Å². The number of halogens is 4. The van der Waals surface area contributed by atoms with Gasteiger partial charge in [-0.3, -0.25) is 0 Å². The summed E-state index contributed by atoms with van der Waals surface area (Å²) in [4.78, 5) is 4.80. The standard InChI is InChI=1S/C33H33F4NO2S2/c1-7-38(8-2)24-16-14-23(15-17-24)28-19-26(21(4)42-28)30-29(31(34,35)33(36,37)32(30,39-5)40-6)25-18-27(41-20(25)3)22-12-10-9-11-13-22/h9-19H,7-8H2,1-6H3. The van der Waals surface area contributed by atoms with Gasteiger partial charge in [0.25, 0.3) is 5.79 Å². The van der Waals surface area contributed by atoms with Gasteiger partial charge in [0.05, 0.1) is 0 Å². The predicted molar refractivity (Wildman–Crippen MR) is 166 cm³/mol. The molecule has 0 saturated carbocycles.